The largest absolute Gasteiger partial charge is 0.451 e. The Labute approximate surface area is 187 Å². The predicted molar refractivity (Wildman–Crippen MR) is 105 cm³/mol. The number of benzene rings is 1. The Balaban J connectivity index is 1.87. The Kier molecular flexibility index (Phi) is 5.91. The molecule has 0 amide bonds. The monoisotopic (exact) mass is 495 g/mol. The maximum absolute atomic E-state index is 13.3. The maximum Gasteiger partial charge on any atom is 0.451 e. The number of aromatic amines is 1. The van der Waals surface area contributed by atoms with E-state index in [-0.39, 0.29) is 19.4 Å². The summed E-state index contributed by atoms with van der Waals surface area (Å²) in [5.74, 6) is -4.78. The van der Waals surface area contributed by atoms with Gasteiger partial charge in [0.1, 0.15) is 0 Å². The molecule has 3 N–H and O–H groups in total. The molecule has 0 unspecified atom stereocenters. The zero-order valence-electron chi connectivity index (χ0n) is 16.5. The quantitative estimate of drug-likeness (QED) is 0.475. The van der Waals surface area contributed by atoms with Gasteiger partial charge in [0.2, 0.25) is 17.6 Å². The normalized spacial score (nSPS) is 18.0. The van der Waals surface area contributed by atoms with E-state index in [1.54, 1.807) is 18.2 Å². The van der Waals surface area contributed by atoms with Gasteiger partial charge in [0.25, 0.3) is 0 Å². The Morgan fingerprint density at radius 3 is 2.30 bits per heavy atom. The summed E-state index contributed by atoms with van der Waals surface area (Å²) in [6, 6.07) is 4.05. The van der Waals surface area contributed by atoms with Crippen molar-refractivity contribution in [3.05, 3.63) is 46.1 Å². The number of fused-ring (bicyclic) bond motifs is 3. The van der Waals surface area contributed by atoms with E-state index in [4.69, 9.17) is 11.6 Å². The third-order valence-corrected chi connectivity index (χ3v) is 5.54. The summed E-state index contributed by atoms with van der Waals surface area (Å²) in [6.07, 6.45) is -11.8. The molecule has 0 radical (unpaired) electrons. The Morgan fingerprint density at radius 1 is 1.09 bits per heavy atom. The lowest BCUT2D eigenvalue weighted by Gasteiger charge is -2.37. The predicted octanol–water partition coefficient (Wildman–Crippen LogP) is 3.89. The lowest BCUT2D eigenvalue weighted by Crippen LogP contribution is -2.40. The fraction of sp³-hybridized carbons (Fsp3) is 0.421. The molecule has 33 heavy (non-hydrogen) atoms. The standard InChI is InChI=1S/C19H16ClF6N5O2/c20-8-1-2-12-11(5-8)10-3-4-31(13(14(10)27-12)6-9(33)7-32)17-29-15(18(21,22)23)28-16(30-17)19(24,25)26/h1-2,5,9,13,27,32-33H,3-4,6-7H2/t9-,13-/m1/s1. The molecule has 0 aliphatic carbocycles. The highest BCUT2D eigenvalue weighted by molar-refractivity contribution is 6.31. The summed E-state index contributed by atoms with van der Waals surface area (Å²) < 4.78 is 79.5. The van der Waals surface area contributed by atoms with Crippen molar-refractivity contribution in [2.75, 3.05) is 18.1 Å². The summed E-state index contributed by atoms with van der Waals surface area (Å²) in [7, 11) is 0. The Morgan fingerprint density at radius 2 is 1.73 bits per heavy atom. The number of aliphatic hydroxyl groups excluding tert-OH is 2. The lowest BCUT2D eigenvalue weighted by molar-refractivity contribution is -0.155. The summed E-state index contributed by atoms with van der Waals surface area (Å²) in [5, 5.41) is 20.6. The van der Waals surface area contributed by atoms with E-state index < -0.39 is 48.7 Å². The van der Waals surface area contributed by atoms with Crippen LogP contribution < -0.4 is 4.90 Å². The third kappa shape index (κ3) is 4.57. The molecule has 0 spiro atoms. The molecule has 7 nitrogen and oxygen atoms in total. The number of hydrogen-bond donors (Lipinski definition) is 3. The van der Waals surface area contributed by atoms with E-state index in [1.165, 1.54) is 0 Å². The molecule has 1 aromatic carbocycles. The van der Waals surface area contributed by atoms with Crippen molar-refractivity contribution in [1.82, 2.24) is 19.9 Å². The minimum atomic E-state index is -5.24. The first-order valence-corrected chi connectivity index (χ1v) is 10.0. The summed E-state index contributed by atoms with van der Waals surface area (Å²) >= 11 is 6.07. The lowest BCUT2D eigenvalue weighted by atomic mass is 9.94. The van der Waals surface area contributed by atoms with Crippen molar-refractivity contribution in [3.8, 4) is 0 Å². The van der Waals surface area contributed by atoms with Crippen molar-refractivity contribution < 1.29 is 36.6 Å². The summed E-state index contributed by atoms with van der Waals surface area (Å²) in [6.45, 7) is -0.710. The Bertz CT molecular complexity index is 1150. The molecule has 0 fully saturated rings. The fourth-order valence-electron chi connectivity index (χ4n) is 3.90. The second-order valence-corrected chi connectivity index (χ2v) is 7.95. The van der Waals surface area contributed by atoms with Gasteiger partial charge in [-0.2, -0.15) is 36.3 Å². The van der Waals surface area contributed by atoms with Crippen LogP contribution >= 0.6 is 11.6 Å². The number of aliphatic hydroxyl groups is 2. The third-order valence-electron chi connectivity index (χ3n) is 5.31. The number of hydrogen-bond acceptors (Lipinski definition) is 6. The first-order chi connectivity index (χ1) is 15.4. The average molecular weight is 496 g/mol. The number of rotatable bonds is 4. The van der Waals surface area contributed by atoms with Crippen molar-refractivity contribution in [2.24, 2.45) is 0 Å². The van der Waals surface area contributed by atoms with Crippen LogP contribution in [0, 0.1) is 0 Å². The molecule has 0 saturated carbocycles. The van der Waals surface area contributed by atoms with E-state index in [1.807, 2.05) is 0 Å². The molecular weight excluding hydrogens is 480 g/mol. The second-order valence-electron chi connectivity index (χ2n) is 7.52. The molecular formula is C19H16ClF6N5O2. The van der Waals surface area contributed by atoms with Crippen LogP contribution in [0.5, 0.6) is 0 Å². The number of aromatic nitrogens is 4. The van der Waals surface area contributed by atoms with Crippen molar-refractivity contribution in [3.63, 3.8) is 0 Å². The molecule has 4 rings (SSSR count). The van der Waals surface area contributed by atoms with Gasteiger partial charge in [-0.05, 0) is 30.2 Å². The minimum absolute atomic E-state index is 0.0477. The number of anilines is 1. The van der Waals surface area contributed by atoms with Gasteiger partial charge in [-0.1, -0.05) is 11.6 Å². The van der Waals surface area contributed by atoms with Gasteiger partial charge in [0.05, 0.1) is 18.8 Å². The number of alkyl halides is 6. The van der Waals surface area contributed by atoms with E-state index >= 15 is 0 Å². The molecule has 2 aromatic heterocycles. The molecule has 1 aliphatic rings. The van der Waals surface area contributed by atoms with Crippen LogP contribution in [-0.2, 0) is 18.8 Å². The highest BCUT2D eigenvalue weighted by Gasteiger charge is 2.43. The van der Waals surface area contributed by atoms with Crippen molar-refractivity contribution in [2.45, 2.75) is 37.3 Å². The number of H-pyrrole nitrogens is 1. The van der Waals surface area contributed by atoms with E-state index in [0.29, 0.717) is 16.2 Å². The van der Waals surface area contributed by atoms with Gasteiger partial charge < -0.3 is 20.1 Å². The fourth-order valence-corrected chi connectivity index (χ4v) is 4.07. The molecule has 14 heteroatoms. The summed E-state index contributed by atoms with van der Waals surface area (Å²) in [4.78, 5) is 13.3. The van der Waals surface area contributed by atoms with Crippen LogP contribution in [0.25, 0.3) is 10.9 Å². The zero-order valence-corrected chi connectivity index (χ0v) is 17.3. The average Bonchev–Trinajstić information content (AvgIpc) is 3.10. The highest BCUT2D eigenvalue weighted by atomic mass is 35.5. The van der Waals surface area contributed by atoms with Gasteiger partial charge in [0, 0.05) is 34.6 Å². The first kappa shape index (κ1) is 23.5. The molecule has 3 heterocycles. The van der Waals surface area contributed by atoms with Crippen LogP contribution in [0.3, 0.4) is 0 Å². The van der Waals surface area contributed by atoms with Crippen LogP contribution in [0.4, 0.5) is 32.3 Å². The Hall–Kier alpha value is -2.64. The van der Waals surface area contributed by atoms with Gasteiger partial charge in [-0.3, -0.25) is 0 Å². The molecule has 0 bridgehead atoms. The van der Waals surface area contributed by atoms with Crippen LogP contribution in [0.2, 0.25) is 5.02 Å². The molecule has 2 atom stereocenters. The zero-order chi connectivity index (χ0) is 24.1. The van der Waals surface area contributed by atoms with E-state index in [2.05, 4.69) is 19.9 Å². The van der Waals surface area contributed by atoms with Gasteiger partial charge in [-0.15, -0.1) is 0 Å². The van der Waals surface area contributed by atoms with Crippen LogP contribution in [-0.4, -0.2) is 49.4 Å². The van der Waals surface area contributed by atoms with Crippen LogP contribution in [0.1, 0.15) is 35.4 Å². The van der Waals surface area contributed by atoms with Gasteiger partial charge >= 0.3 is 12.4 Å². The topological polar surface area (TPSA) is 98.2 Å². The van der Waals surface area contributed by atoms with Crippen LogP contribution in [0.15, 0.2) is 18.2 Å². The smallest absolute Gasteiger partial charge is 0.394 e. The van der Waals surface area contributed by atoms with E-state index in [9.17, 15) is 36.6 Å². The number of halogens is 7. The second kappa shape index (κ2) is 8.29. The maximum atomic E-state index is 13.3. The van der Waals surface area contributed by atoms with Gasteiger partial charge in [-0.25, -0.2) is 4.98 Å². The molecule has 1 aliphatic heterocycles. The van der Waals surface area contributed by atoms with Crippen molar-refractivity contribution in [1.29, 1.82) is 0 Å². The van der Waals surface area contributed by atoms with E-state index in [0.717, 1.165) is 15.8 Å². The molecule has 178 valence electrons. The first-order valence-electron chi connectivity index (χ1n) is 9.64. The number of nitrogens with one attached hydrogen (secondary N) is 1. The minimum Gasteiger partial charge on any atom is -0.394 e. The molecule has 0 saturated heterocycles. The molecule has 3 aromatic rings. The highest BCUT2D eigenvalue weighted by Crippen LogP contribution is 2.40. The van der Waals surface area contributed by atoms with Gasteiger partial charge in [0.15, 0.2) is 0 Å². The summed E-state index contributed by atoms with van der Waals surface area (Å²) in [5.41, 5.74) is 1.85. The SMILES string of the molecule is OC[C@H](O)C[C@@H]1c2[nH]c3ccc(Cl)cc3c2CCN1c1nc(C(F)(F)F)nc(C(F)(F)F)n1. The van der Waals surface area contributed by atoms with Crippen molar-refractivity contribution >= 4 is 28.5 Å². The number of nitrogens with zero attached hydrogens (tertiary/aromatic N) is 4.